The van der Waals surface area contributed by atoms with Crippen molar-refractivity contribution in [1.29, 1.82) is 0 Å². The number of nitrogens with zero attached hydrogens (tertiary/aromatic N) is 2. The van der Waals surface area contributed by atoms with Crippen LogP contribution in [0.25, 0.3) is 11.4 Å². The first kappa shape index (κ1) is 17.2. The van der Waals surface area contributed by atoms with E-state index in [0.29, 0.717) is 36.6 Å². The van der Waals surface area contributed by atoms with Crippen LogP contribution in [0, 0.1) is 5.92 Å². The highest BCUT2D eigenvalue weighted by Gasteiger charge is 2.26. The second-order valence-corrected chi connectivity index (χ2v) is 6.39. The third-order valence-corrected chi connectivity index (χ3v) is 4.78. The van der Waals surface area contributed by atoms with Gasteiger partial charge in [-0.05, 0) is 37.1 Å². The number of carbonyl (C=O) groups excluding carboxylic acids is 1. The molecule has 0 saturated heterocycles. The quantitative estimate of drug-likeness (QED) is 0.926. The van der Waals surface area contributed by atoms with Gasteiger partial charge in [-0.25, -0.2) is 4.98 Å². The first-order valence-corrected chi connectivity index (χ1v) is 8.58. The van der Waals surface area contributed by atoms with Crippen molar-refractivity contribution in [2.24, 2.45) is 5.92 Å². The average molecular weight is 341 g/mol. The second kappa shape index (κ2) is 7.09. The molecule has 3 rings (SSSR count). The number of nitrogens with one attached hydrogen (secondary N) is 1. The number of aromatic amines is 1. The van der Waals surface area contributed by atoms with E-state index in [1.807, 2.05) is 38.1 Å². The van der Waals surface area contributed by atoms with Gasteiger partial charge in [0.05, 0.1) is 19.3 Å². The molecule has 0 fully saturated rings. The van der Waals surface area contributed by atoms with Crippen LogP contribution < -0.4 is 10.3 Å². The normalized spacial score (nSPS) is 14.8. The maximum Gasteiger partial charge on any atom is 0.254 e. The minimum atomic E-state index is -0.119. The van der Waals surface area contributed by atoms with Crippen LogP contribution in [0.15, 0.2) is 29.1 Å². The van der Waals surface area contributed by atoms with Crippen molar-refractivity contribution in [3.8, 4) is 17.1 Å². The van der Waals surface area contributed by atoms with Gasteiger partial charge < -0.3 is 14.6 Å². The molecule has 2 heterocycles. The highest BCUT2D eigenvalue weighted by molar-refractivity contribution is 5.78. The number of H-pyrrole nitrogens is 1. The molecule has 0 aliphatic carbocycles. The fourth-order valence-electron chi connectivity index (χ4n) is 3.00. The van der Waals surface area contributed by atoms with E-state index in [1.165, 1.54) is 0 Å². The Bertz CT molecular complexity index is 827. The Morgan fingerprint density at radius 1 is 1.36 bits per heavy atom. The van der Waals surface area contributed by atoms with E-state index < -0.39 is 0 Å². The molecule has 132 valence electrons. The molecule has 0 saturated carbocycles. The maximum absolute atomic E-state index is 12.4. The van der Waals surface area contributed by atoms with Gasteiger partial charge in [0.25, 0.3) is 5.56 Å². The van der Waals surface area contributed by atoms with E-state index in [4.69, 9.17) is 4.74 Å². The van der Waals surface area contributed by atoms with Gasteiger partial charge in [-0.2, -0.15) is 0 Å². The van der Waals surface area contributed by atoms with Crippen LogP contribution in [0.2, 0.25) is 0 Å². The molecule has 6 heteroatoms. The van der Waals surface area contributed by atoms with Gasteiger partial charge in [-0.3, -0.25) is 9.59 Å². The molecule has 1 N–H and O–H groups in total. The summed E-state index contributed by atoms with van der Waals surface area (Å²) in [5, 5.41) is 0. The molecule has 0 spiro atoms. The smallest absolute Gasteiger partial charge is 0.254 e. The topological polar surface area (TPSA) is 75.3 Å². The number of methoxy groups -OCH3 is 1. The minimum Gasteiger partial charge on any atom is -0.497 e. The molecule has 1 aromatic carbocycles. The zero-order chi connectivity index (χ0) is 18.0. The Hall–Kier alpha value is -2.63. The van der Waals surface area contributed by atoms with Crippen LogP contribution >= 0.6 is 0 Å². The molecule has 1 amide bonds. The summed E-state index contributed by atoms with van der Waals surface area (Å²) in [5.41, 5.74) is 2.07. The second-order valence-electron chi connectivity index (χ2n) is 6.39. The van der Waals surface area contributed by atoms with E-state index in [1.54, 1.807) is 12.0 Å². The number of rotatable bonds is 4. The Morgan fingerprint density at radius 3 is 2.72 bits per heavy atom. The van der Waals surface area contributed by atoms with Gasteiger partial charge in [-0.15, -0.1) is 0 Å². The lowest BCUT2D eigenvalue weighted by atomic mass is 10.0. The van der Waals surface area contributed by atoms with Gasteiger partial charge in [0.1, 0.15) is 11.6 Å². The van der Waals surface area contributed by atoms with Gasteiger partial charge >= 0.3 is 0 Å². The average Bonchev–Trinajstić information content (AvgIpc) is 2.66. The Balaban J connectivity index is 1.92. The van der Waals surface area contributed by atoms with Crippen LogP contribution in [0.4, 0.5) is 0 Å². The minimum absolute atomic E-state index is 0.00962. The predicted molar refractivity (Wildman–Crippen MR) is 95.4 cm³/mol. The Labute approximate surface area is 146 Å². The van der Waals surface area contributed by atoms with E-state index >= 15 is 0 Å². The standard InChI is InChI=1S/C19H23N3O3/c1-4-12(2)19(24)22-10-9-15-16(11-22)20-17(21-18(15)23)13-5-7-14(25-3)8-6-13/h5-8,12H,4,9-11H2,1-3H3,(H,20,21,23). The van der Waals surface area contributed by atoms with Crippen LogP contribution in [-0.4, -0.2) is 34.4 Å². The number of ether oxygens (including phenoxy) is 1. The van der Waals surface area contributed by atoms with Gasteiger partial charge in [0, 0.05) is 23.6 Å². The lowest BCUT2D eigenvalue weighted by molar-refractivity contribution is -0.136. The van der Waals surface area contributed by atoms with Crippen molar-refractivity contribution in [3.05, 3.63) is 45.9 Å². The lowest BCUT2D eigenvalue weighted by Crippen LogP contribution is -2.41. The summed E-state index contributed by atoms with van der Waals surface area (Å²) in [6, 6.07) is 7.36. The zero-order valence-corrected chi connectivity index (χ0v) is 14.8. The van der Waals surface area contributed by atoms with Gasteiger partial charge in [0.2, 0.25) is 5.91 Å². The summed E-state index contributed by atoms with van der Waals surface area (Å²) in [5.74, 6) is 1.38. The fourth-order valence-corrected chi connectivity index (χ4v) is 3.00. The van der Waals surface area contributed by atoms with Crippen molar-refractivity contribution in [2.75, 3.05) is 13.7 Å². The fraction of sp³-hybridized carbons (Fsp3) is 0.421. The van der Waals surface area contributed by atoms with Crippen LogP contribution in [0.3, 0.4) is 0 Å². The summed E-state index contributed by atoms with van der Waals surface area (Å²) >= 11 is 0. The SMILES string of the molecule is CCC(C)C(=O)N1CCc2c(nc(-c3ccc(OC)cc3)[nH]c2=O)C1. The number of fused-ring (bicyclic) bond motifs is 1. The molecule has 0 radical (unpaired) electrons. The third kappa shape index (κ3) is 3.43. The lowest BCUT2D eigenvalue weighted by Gasteiger charge is -2.29. The molecule has 1 aliphatic heterocycles. The number of amides is 1. The van der Waals surface area contributed by atoms with Gasteiger partial charge in [0.15, 0.2) is 0 Å². The monoisotopic (exact) mass is 341 g/mol. The van der Waals surface area contributed by atoms with E-state index in [9.17, 15) is 9.59 Å². The van der Waals surface area contributed by atoms with Crippen molar-refractivity contribution in [1.82, 2.24) is 14.9 Å². The van der Waals surface area contributed by atoms with Crippen LogP contribution in [0.1, 0.15) is 31.5 Å². The largest absolute Gasteiger partial charge is 0.497 e. The van der Waals surface area contributed by atoms with Crippen molar-refractivity contribution >= 4 is 5.91 Å². The van der Waals surface area contributed by atoms with Crippen molar-refractivity contribution in [2.45, 2.75) is 33.2 Å². The summed E-state index contributed by atoms with van der Waals surface area (Å²) in [4.78, 5) is 34.2. The Morgan fingerprint density at radius 2 is 2.08 bits per heavy atom. The molecular formula is C19H23N3O3. The number of carbonyl (C=O) groups is 1. The number of aromatic nitrogens is 2. The summed E-state index contributed by atoms with van der Waals surface area (Å²) in [6.45, 7) is 4.91. The summed E-state index contributed by atoms with van der Waals surface area (Å²) in [7, 11) is 1.61. The third-order valence-electron chi connectivity index (χ3n) is 4.78. The highest BCUT2D eigenvalue weighted by Crippen LogP contribution is 2.22. The molecule has 2 aromatic rings. The molecule has 1 atom stereocenters. The number of hydrogen-bond donors (Lipinski definition) is 1. The van der Waals surface area contributed by atoms with Crippen LogP contribution in [-0.2, 0) is 17.8 Å². The summed E-state index contributed by atoms with van der Waals surface area (Å²) < 4.78 is 5.16. The molecule has 1 aromatic heterocycles. The Kier molecular flexibility index (Phi) is 4.88. The molecule has 1 aliphatic rings. The highest BCUT2D eigenvalue weighted by atomic mass is 16.5. The van der Waals surface area contributed by atoms with Crippen LogP contribution in [0.5, 0.6) is 5.75 Å². The maximum atomic E-state index is 12.4. The first-order valence-electron chi connectivity index (χ1n) is 8.58. The zero-order valence-electron chi connectivity index (χ0n) is 14.8. The van der Waals surface area contributed by atoms with E-state index in [2.05, 4.69) is 9.97 Å². The molecule has 6 nitrogen and oxygen atoms in total. The van der Waals surface area contributed by atoms with Crippen molar-refractivity contribution in [3.63, 3.8) is 0 Å². The van der Waals surface area contributed by atoms with Gasteiger partial charge in [-0.1, -0.05) is 13.8 Å². The molecule has 0 bridgehead atoms. The molecular weight excluding hydrogens is 318 g/mol. The summed E-state index contributed by atoms with van der Waals surface area (Å²) in [6.07, 6.45) is 1.35. The molecule has 1 unspecified atom stereocenters. The number of hydrogen-bond acceptors (Lipinski definition) is 4. The first-order chi connectivity index (χ1) is 12.0. The molecule has 25 heavy (non-hydrogen) atoms. The number of benzene rings is 1. The van der Waals surface area contributed by atoms with E-state index in [0.717, 1.165) is 17.7 Å². The predicted octanol–water partition coefficient (Wildman–Crippen LogP) is 2.38. The van der Waals surface area contributed by atoms with E-state index in [-0.39, 0.29) is 17.4 Å². The van der Waals surface area contributed by atoms with Crippen molar-refractivity contribution < 1.29 is 9.53 Å².